The number of likely N-dealkylation sites (tertiary alicyclic amines) is 1. The Morgan fingerprint density at radius 2 is 1.90 bits per heavy atom. The van der Waals surface area contributed by atoms with Gasteiger partial charge in [-0.2, -0.15) is 0 Å². The largest absolute Gasteiger partial charge is 0.494 e. The number of hydrogen-bond acceptors (Lipinski definition) is 7. The molecule has 256 valence electrons. The highest BCUT2D eigenvalue weighted by Gasteiger charge is 2.45. The Bertz CT molecular complexity index is 1900. The van der Waals surface area contributed by atoms with Gasteiger partial charge in [-0.25, -0.2) is 18.7 Å². The maximum absolute atomic E-state index is 15.8. The Hall–Kier alpha value is -4.10. The van der Waals surface area contributed by atoms with E-state index in [1.54, 1.807) is 40.7 Å². The van der Waals surface area contributed by atoms with Crippen LogP contribution in [0, 0.1) is 11.8 Å². The zero-order valence-electron chi connectivity index (χ0n) is 28.1. The van der Waals surface area contributed by atoms with Crippen LogP contribution in [0.4, 0.5) is 8.78 Å². The molecule has 13 heteroatoms. The highest BCUT2D eigenvalue weighted by Crippen LogP contribution is 2.45. The number of alkyl halides is 2. The normalized spacial score (nSPS) is 26.2. The lowest BCUT2D eigenvalue weighted by atomic mass is 10.0. The minimum atomic E-state index is -3.02. The summed E-state index contributed by atoms with van der Waals surface area (Å²) in [5.41, 5.74) is 9.31. The van der Waals surface area contributed by atoms with E-state index in [2.05, 4.69) is 0 Å². The van der Waals surface area contributed by atoms with Crippen LogP contribution in [-0.2, 0) is 23.1 Å². The molecule has 5 atom stereocenters. The van der Waals surface area contributed by atoms with Gasteiger partial charge in [0, 0.05) is 63.6 Å². The molecule has 7 rings (SSSR count). The Balaban J connectivity index is 1.32. The molecule has 48 heavy (non-hydrogen) atoms. The van der Waals surface area contributed by atoms with Crippen LogP contribution in [0.15, 0.2) is 30.3 Å². The molecule has 5 heterocycles. The first kappa shape index (κ1) is 32.4. The molecule has 1 saturated carbocycles. The predicted molar refractivity (Wildman–Crippen MR) is 177 cm³/mol. The summed E-state index contributed by atoms with van der Waals surface area (Å²) in [7, 11) is 6.75. The van der Waals surface area contributed by atoms with Crippen LogP contribution in [0.3, 0.4) is 0 Å². The summed E-state index contributed by atoms with van der Waals surface area (Å²) in [6.45, 7) is 2.22. The van der Waals surface area contributed by atoms with Crippen molar-refractivity contribution < 1.29 is 27.8 Å². The summed E-state index contributed by atoms with van der Waals surface area (Å²) in [6.07, 6.45) is 1.93. The Morgan fingerprint density at radius 1 is 1.10 bits per heavy atom. The highest BCUT2D eigenvalue weighted by molar-refractivity contribution is 6.00. The number of rotatable bonds is 4. The Morgan fingerprint density at radius 3 is 2.62 bits per heavy atom. The molecule has 2 aliphatic heterocycles. The Labute approximate surface area is 278 Å². The first-order valence-electron chi connectivity index (χ1n) is 16.7. The number of nitrogens with zero attached hydrogens (tertiary/aromatic N) is 6. The molecular weight excluding hydrogens is 620 g/mol. The quantitative estimate of drug-likeness (QED) is 0.334. The van der Waals surface area contributed by atoms with Gasteiger partial charge in [-0.1, -0.05) is 0 Å². The molecule has 3 aromatic heterocycles. The van der Waals surface area contributed by atoms with Crippen LogP contribution < -0.4 is 10.5 Å². The fourth-order valence-electron chi connectivity index (χ4n) is 7.61. The lowest BCUT2D eigenvalue weighted by molar-refractivity contribution is -0.133. The zero-order chi connectivity index (χ0) is 34.1. The van der Waals surface area contributed by atoms with E-state index in [1.165, 1.54) is 7.11 Å². The van der Waals surface area contributed by atoms with Gasteiger partial charge in [-0.15, -0.1) is 0 Å². The topological polar surface area (TPSA) is 121 Å². The molecule has 4 aromatic rings. The minimum absolute atomic E-state index is 0.0445. The van der Waals surface area contributed by atoms with Crippen LogP contribution in [0.2, 0.25) is 0 Å². The highest BCUT2D eigenvalue weighted by atomic mass is 19.3. The molecule has 0 unspecified atom stereocenters. The number of aromatic nitrogens is 4. The van der Waals surface area contributed by atoms with Crippen molar-refractivity contribution in [2.75, 3.05) is 34.4 Å². The van der Waals surface area contributed by atoms with E-state index in [4.69, 9.17) is 25.2 Å². The number of amides is 2. The molecule has 1 saturated heterocycles. The monoisotopic (exact) mass is 663 g/mol. The average Bonchev–Trinajstić information content (AvgIpc) is 3.66. The first-order chi connectivity index (χ1) is 22.9. The SMILES string of the molecule is COc1cc(C(=O)N2CC[C@@H](OC)[C@@H](N)C2)cc2nc(-c3cc4ccc5nc4n3CC(F)(F)CCC[C@@H]3C[C@H]3C(=O)N(C)[C@@H]5C)n(C)c12. The van der Waals surface area contributed by atoms with Gasteiger partial charge in [0.25, 0.3) is 11.8 Å². The van der Waals surface area contributed by atoms with E-state index in [0.29, 0.717) is 82.9 Å². The van der Waals surface area contributed by atoms with Gasteiger partial charge in [0.05, 0.1) is 42.7 Å². The molecule has 3 aliphatic rings. The van der Waals surface area contributed by atoms with Gasteiger partial charge in [-0.3, -0.25) is 9.59 Å². The summed E-state index contributed by atoms with van der Waals surface area (Å²) < 4.78 is 46.1. The smallest absolute Gasteiger partial charge is 0.265 e. The number of fused-ring (bicyclic) bond motifs is 3. The van der Waals surface area contributed by atoms with E-state index >= 15 is 8.78 Å². The molecule has 2 N–H and O–H groups in total. The van der Waals surface area contributed by atoms with Crippen molar-refractivity contribution in [1.82, 2.24) is 28.9 Å². The van der Waals surface area contributed by atoms with E-state index in [-0.39, 0.29) is 48.3 Å². The second-order valence-electron chi connectivity index (χ2n) is 13.8. The van der Waals surface area contributed by atoms with E-state index < -0.39 is 12.5 Å². The lowest BCUT2D eigenvalue weighted by Crippen LogP contribution is -2.53. The molecule has 0 radical (unpaired) electrons. The fourth-order valence-corrected chi connectivity index (χ4v) is 7.61. The first-order valence-corrected chi connectivity index (χ1v) is 16.7. The molecular formula is C35H43F2N7O4. The Kier molecular flexibility index (Phi) is 8.18. The van der Waals surface area contributed by atoms with E-state index in [0.717, 1.165) is 6.42 Å². The fraction of sp³-hybridized carbons (Fsp3) is 0.543. The number of piperidine rings is 1. The number of carbonyl (C=O) groups excluding carboxylic acids is 2. The van der Waals surface area contributed by atoms with Crippen molar-refractivity contribution >= 4 is 33.9 Å². The standard InChI is InChI=1S/C35H43F2N7O4/c1-19-25-9-8-21-15-27(44(31(21)39-25)18-35(36,37)11-6-7-20-13-23(20)34(46)41(19)2)32-40-26-14-22(16-29(48-5)30(26)42(32)3)33(45)43-12-10-28(47-4)24(38)17-43/h8-9,14-16,19-20,23-24,28H,6-7,10-13,17-18,38H2,1-5H3/t19-,20-,23-,24+,28-/m1/s1. The van der Waals surface area contributed by atoms with Gasteiger partial charge in [0.2, 0.25) is 5.91 Å². The van der Waals surface area contributed by atoms with Crippen LogP contribution in [-0.4, -0.2) is 93.1 Å². The second-order valence-corrected chi connectivity index (χ2v) is 13.8. The van der Waals surface area contributed by atoms with Gasteiger partial charge in [0.15, 0.2) is 5.82 Å². The van der Waals surface area contributed by atoms with Crippen molar-refractivity contribution in [3.8, 4) is 17.3 Å². The number of halogens is 2. The maximum atomic E-state index is 15.8. The number of benzene rings is 1. The summed E-state index contributed by atoms with van der Waals surface area (Å²) in [5, 5.41) is 0.686. The third-order valence-electron chi connectivity index (χ3n) is 10.7. The lowest BCUT2D eigenvalue weighted by Gasteiger charge is -2.36. The number of ether oxygens (including phenoxy) is 2. The van der Waals surface area contributed by atoms with Crippen LogP contribution in [0.1, 0.15) is 61.1 Å². The zero-order valence-corrected chi connectivity index (χ0v) is 28.1. The number of hydrogen-bond donors (Lipinski definition) is 1. The molecule has 0 spiro atoms. The maximum Gasteiger partial charge on any atom is 0.265 e. The molecule has 1 aromatic carbocycles. The number of methoxy groups -OCH3 is 2. The van der Waals surface area contributed by atoms with E-state index in [1.807, 2.05) is 36.7 Å². The van der Waals surface area contributed by atoms with Gasteiger partial charge >= 0.3 is 0 Å². The number of aryl methyl sites for hydroxylation is 1. The molecule has 2 amide bonds. The predicted octanol–water partition coefficient (Wildman–Crippen LogP) is 4.76. The number of pyridine rings is 1. The molecule has 11 nitrogen and oxygen atoms in total. The number of imidazole rings is 1. The van der Waals surface area contributed by atoms with Crippen molar-refractivity contribution in [3.05, 3.63) is 41.6 Å². The summed E-state index contributed by atoms with van der Waals surface area (Å²) in [6, 6.07) is 8.33. The average molecular weight is 664 g/mol. The van der Waals surface area contributed by atoms with Crippen LogP contribution in [0.25, 0.3) is 33.6 Å². The van der Waals surface area contributed by atoms with E-state index in [9.17, 15) is 9.59 Å². The number of carbonyl (C=O) groups is 2. The summed E-state index contributed by atoms with van der Waals surface area (Å²) in [5.74, 6) is -2.23. The summed E-state index contributed by atoms with van der Waals surface area (Å²) >= 11 is 0. The van der Waals surface area contributed by atoms with Gasteiger partial charge < -0.3 is 34.1 Å². The molecule has 1 aliphatic carbocycles. The molecule has 2 bridgehead atoms. The second kappa shape index (κ2) is 12.1. The van der Waals surface area contributed by atoms with Gasteiger partial charge in [-0.05, 0) is 68.9 Å². The third-order valence-corrected chi connectivity index (χ3v) is 10.7. The minimum Gasteiger partial charge on any atom is -0.494 e. The third kappa shape index (κ3) is 5.60. The van der Waals surface area contributed by atoms with Crippen molar-refractivity contribution in [3.63, 3.8) is 0 Å². The molecule has 2 fully saturated rings. The van der Waals surface area contributed by atoms with Crippen molar-refractivity contribution in [1.29, 1.82) is 0 Å². The van der Waals surface area contributed by atoms with Gasteiger partial charge in [0.1, 0.15) is 16.9 Å². The van der Waals surface area contributed by atoms with Crippen molar-refractivity contribution in [2.45, 2.75) is 69.7 Å². The van der Waals surface area contributed by atoms with Crippen LogP contribution in [0.5, 0.6) is 5.75 Å². The van der Waals surface area contributed by atoms with Crippen LogP contribution >= 0.6 is 0 Å². The van der Waals surface area contributed by atoms with Crippen molar-refractivity contribution in [2.24, 2.45) is 24.6 Å². The summed E-state index contributed by atoms with van der Waals surface area (Å²) in [4.78, 5) is 40.1. The number of nitrogens with two attached hydrogens (primary N) is 1.